The molecule has 3 N–H and O–H groups in total. The highest BCUT2D eigenvalue weighted by Gasteiger charge is 2.14. The van der Waals surface area contributed by atoms with Gasteiger partial charge in [0.05, 0.1) is 0 Å². The number of nitrogens with one attached hydrogen (secondary N) is 2. The Labute approximate surface area is 82.3 Å². The minimum absolute atomic E-state index is 0.0154. The van der Waals surface area contributed by atoms with Gasteiger partial charge in [0.2, 0.25) is 11.3 Å². The van der Waals surface area contributed by atoms with Gasteiger partial charge in [0.25, 0.3) is 0 Å². The Balaban J connectivity index is 3.81. The van der Waals surface area contributed by atoms with Crippen molar-refractivity contribution in [3.63, 3.8) is 0 Å². The molecule has 0 saturated carbocycles. The zero-order valence-electron chi connectivity index (χ0n) is 8.57. The maximum Gasteiger partial charge on any atom is 0.231 e. The quantitative estimate of drug-likeness (QED) is 0.419. The van der Waals surface area contributed by atoms with Gasteiger partial charge in [-0.25, -0.2) is 13.9 Å². The number of rotatable bonds is 6. The van der Waals surface area contributed by atoms with Crippen LogP contribution in [0.15, 0.2) is 0 Å². The number of hydrazine groups is 1. The molecule has 0 fully saturated rings. The summed E-state index contributed by atoms with van der Waals surface area (Å²) in [6, 6.07) is 0.0154. The summed E-state index contributed by atoms with van der Waals surface area (Å²) in [4.78, 5) is 0. The van der Waals surface area contributed by atoms with Crippen LogP contribution in [0.25, 0.3) is 0 Å². The second kappa shape index (κ2) is 6.44. The summed E-state index contributed by atoms with van der Waals surface area (Å²) >= 11 is -1.92. The molecular weight excluding hydrogens is 190 g/mol. The average Bonchev–Trinajstić information content (AvgIpc) is 2.02. The van der Waals surface area contributed by atoms with Gasteiger partial charge < -0.3 is 0 Å². The first-order valence-corrected chi connectivity index (χ1v) is 5.33. The summed E-state index contributed by atoms with van der Waals surface area (Å²) in [5.41, 5.74) is 2.97. The first-order valence-electron chi connectivity index (χ1n) is 4.23. The maximum absolute atomic E-state index is 10.4. The number of hydrogen-bond acceptors (Lipinski definition) is 3. The Hall–Kier alpha value is -0.0100. The summed E-state index contributed by atoms with van der Waals surface area (Å²) in [5, 5.41) is 1.93. The molecule has 0 aliphatic carbocycles. The standard InChI is InChI=1S/C7H19N3O2S/c1-6(5-10(4)8-3)7(2)9-13(11)12/h6-9H,5H2,1-4H3,(H,11,12)/t6-,7+/m0/s1. The van der Waals surface area contributed by atoms with Gasteiger partial charge in [-0.3, -0.25) is 9.98 Å². The number of nitrogens with zero attached hydrogens (tertiary/aromatic N) is 1. The van der Waals surface area contributed by atoms with Gasteiger partial charge in [-0.2, -0.15) is 0 Å². The van der Waals surface area contributed by atoms with Crippen molar-refractivity contribution in [2.24, 2.45) is 5.92 Å². The van der Waals surface area contributed by atoms with E-state index in [1.165, 1.54) is 0 Å². The van der Waals surface area contributed by atoms with Gasteiger partial charge in [0.15, 0.2) is 0 Å². The molecule has 0 aromatic heterocycles. The SMILES string of the molecule is CNN(C)C[C@H](C)[C@@H](C)NS(=O)O. The molecule has 0 aromatic carbocycles. The van der Waals surface area contributed by atoms with E-state index in [0.717, 1.165) is 6.54 Å². The van der Waals surface area contributed by atoms with E-state index in [2.05, 4.69) is 10.1 Å². The van der Waals surface area contributed by atoms with Crippen molar-refractivity contribution in [3.05, 3.63) is 0 Å². The van der Waals surface area contributed by atoms with Crippen molar-refractivity contribution in [2.45, 2.75) is 19.9 Å². The fourth-order valence-corrected chi connectivity index (χ4v) is 1.51. The van der Waals surface area contributed by atoms with E-state index >= 15 is 0 Å². The van der Waals surface area contributed by atoms with Gasteiger partial charge >= 0.3 is 0 Å². The fraction of sp³-hybridized carbons (Fsp3) is 1.00. The van der Waals surface area contributed by atoms with Gasteiger partial charge in [-0.05, 0) is 19.9 Å². The Morgan fingerprint density at radius 1 is 1.54 bits per heavy atom. The molecular formula is C7H19N3O2S. The predicted octanol–water partition coefficient (Wildman–Crippen LogP) is -0.196. The molecule has 0 radical (unpaired) electrons. The lowest BCUT2D eigenvalue weighted by Crippen LogP contribution is -2.42. The zero-order chi connectivity index (χ0) is 10.4. The second-order valence-corrected chi connectivity index (χ2v) is 3.97. The lowest BCUT2D eigenvalue weighted by atomic mass is 10.1. The Morgan fingerprint density at radius 3 is 2.46 bits per heavy atom. The van der Waals surface area contributed by atoms with Crippen molar-refractivity contribution >= 4 is 11.3 Å². The fourth-order valence-electron chi connectivity index (χ4n) is 0.957. The summed E-state index contributed by atoms with van der Waals surface area (Å²) < 4.78 is 21.6. The van der Waals surface area contributed by atoms with Gasteiger partial charge in [-0.1, -0.05) is 6.92 Å². The minimum Gasteiger partial charge on any atom is -0.294 e. The topological polar surface area (TPSA) is 64.6 Å². The molecule has 5 nitrogen and oxygen atoms in total. The van der Waals surface area contributed by atoms with E-state index in [1.54, 1.807) is 0 Å². The molecule has 1 unspecified atom stereocenters. The molecule has 0 spiro atoms. The van der Waals surface area contributed by atoms with Crippen molar-refractivity contribution in [1.82, 2.24) is 15.2 Å². The first kappa shape index (κ1) is 13.0. The molecule has 0 aromatic rings. The normalized spacial score (nSPS) is 18.6. The molecule has 0 aliphatic heterocycles. The van der Waals surface area contributed by atoms with Crippen LogP contribution in [0.4, 0.5) is 0 Å². The third kappa shape index (κ3) is 6.11. The van der Waals surface area contributed by atoms with Gasteiger partial charge in [0.1, 0.15) is 0 Å². The highest BCUT2D eigenvalue weighted by molar-refractivity contribution is 7.77. The molecule has 6 heteroatoms. The van der Waals surface area contributed by atoms with Crippen LogP contribution in [0.2, 0.25) is 0 Å². The Morgan fingerprint density at radius 2 is 2.08 bits per heavy atom. The summed E-state index contributed by atoms with van der Waals surface area (Å²) in [6.45, 7) is 4.74. The number of hydrogen-bond donors (Lipinski definition) is 3. The van der Waals surface area contributed by atoms with Crippen LogP contribution in [-0.4, -0.2) is 40.5 Å². The van der Waals surface area contributed by atoms with Crippen molar-refractivity contribution in [1.29, 1.82) is 0 Å². The minimum atomic E-state index is -1.92. The smallest absolute Gasteiger partial charge is 0.231 e. The van der Waals surface area contributed by atoms with Crippen molar-refractivity contribution < 1.29 is 8.76 Å². The highest BCUT2D eigenvalue weighted by atomic mass is 32.2. The lowest BCUT2D eigenvalue weighted by molar-refractivity contribution is 0.209. The molecule has 80 valence electrons. The Kier molecular flexibility index (Phi) is 6.44. The molecule has 0 aliphatic rings. The van der Waals surface area contributed by atoms with Crippen LogP contribution in [0.1, 0.15) is 13.8 Å². The molecule has 0 amide bonds. The molecule has 0 saturated heterocycles. The molecule has 0 heterocycles. The summed E-state index contributed by atoms with van der Waals surface area (Å²) in [6.07, 6.45) is 0. The van der Waals surface area contributed by atoms with E-state index in [1.807, 2.05) is 33.0 Å². The monoisotopic (exact) mass is 209 g/mol. The molecule has 0 rings (SSSR count). The zero-order valence-corrected chi connectivity index (χ0v) is 9.39. The maximum atomic E-state index is 10.4. The molecule has 0 bridgehead atoms. The predicted molar refractivity (Wildman–Crippen MR) is 54.2 cm³/mol. The summed E-state index contributed by atoms with van der Waals surface area (Å²) in [7, 11) is 3.77. The second-order valence-electron chi connectivity index (χ2n) is 3.24. The molecule has 13 heavy (non-hydrogen) atoms. The van der Waals surface area contributed by atoms with Crippen LogP contribution in [0.3, 0.4) is 0 Å². The average molecular weight is 209 g/mol. The van der Waals surface area contributed by atoms with E-state index in [4.69, 9.17) is 4.55 Å². The van der Waals surface area contributed by atoms with E-state index < -0.39 is 11.3 Å². The third-order valence-electron chi connectivity index (χ3n) is 2.08. The van der Waals surface area contributed by atoms with E-state index in [0.29, 0.717) is 5.92 Å². The van der Waals surface area contributed by atoms with Crippen LogP contribution < -0.4 is 10.1 Å². The van der Waals surface area contributed by atoms with Crippen LogP contribution in [-0.2, 0) is 11.3 Å². The van der Waals surface area contributed by atoms with E-state index in [-0.39, 0.29) is 6.04 Å². The third-order valence-corrected chi connectivity index (χ3v) is 2.66. The first-order chi connectivity index (χ1) is 5.97. The Bertz CT molecular complexity index is 168. The van der Waals surface area contributed by atoms with Gasteiger partial charge in [0, 0.05) is 19.6 Å². The molecule has 3 atom stereocenters. The van der Waals surface area contributed by atoms with Crippen LogP contribution >= 0.6 is 0 Å². The van der Waals surface area contributed by atoms with Gasteiger partial charge in [-0.15, -0.1) is 0 Å². The van der Waals surface area contributed by atoms with Crippen molar-refractivity contribution in [2.75, 3.05) is 20.6 Å². The van der Waals surface area contributed by atoms with Crippen LogP contribution in [0, 0.1) is 5.92 Å². The largest absolute Gasteiger partial charge is 0.294 e. The summed E-state index contributed by atoms with van der Waals surface area (Å²) in [5.74, 6) is 0.300. The highest BCUT2D eigenvalue weighted by Crippen LogP contribution is 2.03. The van der Waals surface area contributed by atoms with E-state index in [9.17, 15) is 4.21 Å². The van der Waals surface area contributed by atoms with Crippen molar-refractivity contribution in [3.8, 4) is 0 Å². The lowest BCUT2D eigenvalue weighted by Gasteiger charge is -2.24. The van der Waals surface area contributed by atoms with Crippen LogP contribution in [0.5, 0.6) is 0 Å².